The Labute approximate surface area is 103 Å². The highest BCUT2D eigenvalue weighted by Gasteiger charge is 2.16. The van der Waals surface area contributed by atoms with Crippen molar-refractivity contribution < 1.29 is 13.2 Å². The van der Waals surface area contributed by atoms with Gasteiger partial charge in [0.25, 0.3) is 0 Å². The minimum atomic E-state index is -3.24. The van der Waals surface area contributed by atoms with E-state index in [-0.39, 0.29) is 17.3 Å². The van der Waals surface area contributed by atoms with Crippen molar-refractivity contribution >= 4 is 15.6 Å². The first kappa shape index (κ1) is 13.9. The number of sulfone groups is 1. The molecule has 1 aromatic carbocycles. The monoisotopic (exact) mass is 254 g/mol. The van der Waals surface area contributed by atoms with Crippen molar-refractivity contribution in [1.29, 1.82) is 0 Å². The summed E-state index contributed by atoms with van der Waals surface area (Å²) in [7, 11) is -3.24. The molecule has 0 radical (unpaired) electrons. The first-order chi connectivity index (χ1) is 7.98. The molecule has 0 saturated heterocycles. The van der Waals surface area contributed by atoms with E-state index in [1.54, 1.807) is 19.1 Å². The van der Waals surface area contributed by atoms with E-state index in [2.05, 4.69) is 0 Å². The highest BCUT2D eigenvalue weighted by molar-refractivity contribution is 7.92. The zero-order valence-corrected chi connectivity index (χ0v) is 11.1. The SMILES string of the molecule is CCCS(=O)(=O)CC(=O)c1ccc(CC)cc1. The molecule has 0 aliphatic heterocycles. The van der Waals surface area contributed by atoms with E-state index >= 15 is 0 Å². The van der Waals surface area contributed by atoms with Crippen LogP contribution in [0.3, 0.4) is 0 Å². The van der Waals surface area contributed by atoms with E-state index in [0.29, 0.717) is 12.0 Å². The van der Waals surface area contributed by atoms with Crippen molar-refractivity contribution in [3.05, 3.63) is 35.4 Å². The standard InChI is InChI=1S/C13H18O3S/c1-3-9-17(15,16)10-13(14)12-7-5-11(4-2)6-8-12/h5-8H,3-4,9-10H2,1-2H3. The van der Waals surface area contributed by atoms with Crippen LogP contribution in [-0.4, -0.2) is 25.7 Å². The molecule has 17 heavy (non-hydrogen) atoms. The fraction of sp³-hybridized carbons (Fsp3) is 0.462. The van der Waals surface area contributed by atoms with Gasteiger partial charge in [0.15, 0.2) is 15.6 Å². The van der Waals surface area contributed by atoms with E-state index < -0.39 is 9.84 Å². The Balaban J connectivity index is 2.76. The molecular weight excluding hydrogens is 236 g/mol. The first-order valence-corrected chi connectivity index (χ1v) is 7.63. The fourth-order valence-electron chi connectivity index (χ4n) is 1.59. The molecule has 0 fully saturated rings. The Morgan fingerprint density at radius 3 is 2.18 bits per heavy atom. The van der Waals surface area contributed by atoms with Gasteiger partial charge >= 0.3 is 0 Å². The van der Waals surface area contributed by atoms with Gasteiger partial charge in [-0.25, -0.2) is 8.42 Å². The van der Waals surface area contributed by atoms with Crippen LogP contribution < -0.4 is 0 Å². The van der Waals surface area contributed by atoms with Crippen LogP contribution in [0.4, 0.5) is 0 Å². The molecule has 0 heterocycles. The Morgan fingerprint density at radius 2 is 1.71 bits per heavy atom. The van der Waals surface area contributed by atoms with E-state index in [1.165, 1.54) is 0 Å². The minimum Gasteiger partial charge on any atom is -0.293 e. The summed E-state index contributed by atoms with van der Waals surface area (Å²) in [5, 5.41) is 0. The van der Waals surface area contributed by atoms with Crippen LogP contribution in [0.25, 0.3) is 0 Å². The van der Waals surface area contributed by atoms with Gasteiger partial charge < -0.3 is 0 Å². The molecule has 94 valence electrons. The quantitative estimate of drug-likeness (QED) is 0.732. The van der Waals surface area contributed by atoms with Gasteiger partial charge in [0.1, 0.15) is 5.75 Å². The van der Waals surface area contributed by atoms with Crippen LogP contribution in [0.15, 0.2) is 24.3 Å². The summed E-state index contributed by atoms with van der Waals surface area (Å²) in [6, 6.07) is 7.12. The number of benzene rings is 1. The average molecular weight is 254 g/mol. The molecule has 4 heteroatoms. The number of ketones is 1. The zero-order chi connectivity index (χ0) is 12.9. The summed E-state index contributed by atoms with van der Waals surface area (Å²) in [6.07, 6.45) is 1.45. The molecule has 0 N–H and O–H groups in total. The molecule has 3 nitrogen and oxygen atoms in total. The maximum absolute atomic E-state index is 11.8. The third-order valence-electron chi connectivity index (χ3n) is 2.55. The molecule has 1 rings (SSSR count). The molecule has 0 spiro atoms. The third-order valence-corrected chi connectivity index (χ3v) is 4.28. The van der Waals surface area contributed by atoms with Crippen LogP contribution in [0.5, 0.6) is 0 Å². The van der Waals surface area contributed by atoms with Gasteiger partial charge in [0.05, 0.1) is 5.75 Å². The van der Waals surface area contributed by atoms with Crippen molar-refractivity contribution in [2.75, 3.05) is 11.5 Å². The van der Waals surface area contributed by atoms with Crippen LogP contribution in [0.1, 0.15) is 36.2 Å². The smallest absolute Gasteiger partial charge is 0.177 e. The van der Waals surface area contributed by atoms with Gasteiger partial charge in [0, 0.05) is 5.56 Å². The Hall–Kier alpha value is -1.16. The normalized spacial score (nSPS) is 11.4. The van der Waals surface area contributed by atoms with E-state index in [0.717, 1.165) is 12.0 Å². The maximum atomic E-state index is 11.8. The molecule has 0 aliphatic carbocycles. The Morgan fingerprint density at radius 1 is 1.12 bits per heavy atom. The molecule has 0 unspecified atom stereocenters. The summed E-state index contributed by atoms with van der Waals surface area (Å²) < 4.78 is 23.0. The topological polar surface area (TPSA) is 51.2 Å². The predicted octanol–water partition coefficient (Wildman–Crippen LogP) is 2.26. The van der Waals surface area contributed by atoms with Gasteiger partial charge in [-0.05, 0) is 18.4 Å². The third kappa shape index (κ3) is 4.30. The lowest BCUT2D eigenvalue weighted by molar-refractivity contribution is 0.102. The molecule has 1 aromatic rings. The number of hydrogen-bond donors (Lipinski definition) is 0. The molecular formula is C13H18O3S. The van der Waals surface area contributed by atoms with Gasteiger partial charge in [-0.3, -0.25) is 4.79 Å². The summed E-state index contributed by atoms with van der Waals surface area (Å²) in [5.41, 5.74) is 1.61. The summed E-state index contributed by atoms with van der Waals surface area (Å²) in [6.45, 7) is 3.82. The second kappa shape index (κ2) is 5.96. The molecule has 0 saturated carbocycles. The molecule has 0 aliphatic rings. The molecule has 0 aromatic heterocycles. The lowest BCUT2D eigenvalue weighted by atomic mass is 10.1. The zero-order valence-electron chi connectivity index (χ0n) is 10.3. The van der Waals surface area contributed by atoms with Crippen molar-refractivity contribution in [3.63, 3.8) is 0 Å². The highest BCUT2D eigenvalue weighted by atomic mass is 32.2. The van der Waals surface area contributed by atoms with Crippen LogP contribution >= 0.6 is 0 Å². The lowest BCUT2D eigenvalue weighted by Crippen LogP contribution is -2.18. The largest absolute Gasteiger partial charge is 0.293 e. The Kier molecular flexibility index (Phi) is 4.87. The van der Waals surface area contributed by atoms with Crippen LogP contribution in [-0.2, 0) is 16.3 Å². The average Bonchev–Trinajstić information content (AvgIpc) is 2.28. The number of carbonyl (C=O) groups is 1. The first-order valence-electron chi connectivity index (χ1n) is 5.81. The second-order valence-electron chi connectivity index (χ2n) is 4.07. The Bertz CT molecular complexity index is 472. The van der Waals surface area contributed by atoms with Gasteiger partial charge in [-0.1, -0.05) is 38.1 Å². The molecule has 0 amide bonds. The van der Waals surface area contributed by atoms with Crippen molar-refractivity contribution in [2.45, 2.75) is 26.7 Å². The predicted molar refractivity (Wildman–Crippen MR) is 69.1 cm³/mol. The van der Waals surface area contributed by atoms with Crippen LogP contribution in [0.2, 0.25) is 0 Å². The minimum absolute atomic E-state index is 0.0752. The van der Waals surface area contributed by atoms with Gasteiger partial charge in [-0.15, -0.1) is 0 Å². The van der Waals surface area contributed by atoms with Crippen molar-refractivity contribution in [1.82, 2.24) is 0 Å². The molecule has 0 bridgehead atoms. The van der Waals surface area contributed by atoms with Crippen molar-refractivity contribution in [2.24, 2.45) is 0 Å². The number of carbonyl (C=O) groups excluding carboxylic acids is 1. The summed E-state index contributed by atoms with van der Waals surface area (Å²) >= 11 is 0. The highest BCUT2D eigenvalue weighted by Crippen LogP contribution is 2.07. The lowest BCUT2D eigenvalue weighted by Gasteiger charge is -2.03. The molecule has 0 atom stereocenters. The summed E-state index contributed by atoms with van der Waals surface area (Å²) in [4.78, 5) is 11.8. The van der Waals surface area contributed by atoms with E-state index in [4.69, 9.17) is 0 Å². The van der Waals surface area contributed by atoms with Crippen molar-refractivity contribution in [3.8, 4) is 0 Å². The van der Waals surface area contributed by atoms with Crippen LogP contribution in [0, 0.1) is 0 Å². The van der Waals surface area contributed by atoms with E-state index in [9.17, 15) is 13.2 Å². The number of aryl methyl sites for hydroxylation is 1. The van der Waals surface area contributed by atoms with Gasteiger partial charge in [0.2, 0.25) is 0 Å². The number of rotatable bonds is 6. The fourth-order valence-corrected chi connectivity index (χ4v) is 2.93. The maximum Gasteiger partial charge on any atom is 0.177 e. The number of hydrogen-bond acceptors (Lipinski definition) is 3. The summed E-state index contributed by atoms with van der Waals surface area (Å²) in [5.74, 6) is -0.626. The van der Waals surface area contributed by atoms with Gasteiger partial charge in [-0.2, -0.15) is 0 Å². The van der Waals surface area contributed by atoms with E-state index in [1.807, 2.05) is 19.1 Å². The number of Topliss-reactive ketones (excluding diaryl/α,β-unsaturated/α-hetero) is 1. The second-order valence-corrected chi connectivity index (χ2v) is 6.25.